The fraction of sp³-hybridized carbons (Fsp3) is 0.222. The Kier molecular flexibility index (Phi) is 4.65. The van der Waals surface area contributed by atoms with E-state index in [1.54, 1.807) is 14.2 Å². The molecule has 0 aliphatic heterocycles. The number of rotatable bonds is 6. The van der Waals surface area contributed by atoms with E-state index >= 15 is 0 Å². The minimum atomic E-state index is 0.590. The van der Waals surface area contributed by atoms with Crippen LogP contribution in [0.3, 0.4) is 0 Å². The Bertz CT molecular complexity index is 835. The Hall–Kier alpha value is -3.02. The Labute approximate surface area is 140 Å². The highest BCUT2D eigenvalue weighted by atomic mass is 16.5. The van der Waals surface area contributed by atoms with Crippen molar-refractivity contribution in [1.29, 1.82) is 0 Å². The molecule has 0 aliphatic rings. The van der Waals surface area contributed by atoms with Crippen molar-refractivity contribution in [3.8, 4) is 17.2 Å². The van der Waals surface area contributed by atoms with Crippen molar-refractivity contribution in [2.45, 2.75) is 6.92 Å². The monoisotopic (exact) mass is 325 g/mol. The zero-order valence-corrected chi connectivity index (χ0v) is 13.9. The third kappa shape index (κ3) is 3.03. The summed E-state index contributed by atoms with van der Waals surface area (Å²) >= 11 is 0. The summed E-state index contributed by atoms with van der Waals surface area (Å²) in [6, 6.07) is 11.5. The van der Waals surface area contributed by atoms with Crippen LogP contribution in [-0.2, 0) is 0 Å². The fourth-order valence-electron chi connectivity index (χ4n) is 2.48. The van der Waals surface area contributed by atoms with Crippen molar-refractivity contribution in [2.75, 3.05) is 26.1 Å². The predicted octanol–water partition coefficient (Wildman–Crippen LogP) is 3.79. The second-order valence-electron chi connectivity index (χ2n) is 5.00. The first kappa shape index (κ1) is 15.9. The maximum Gasteiger partial charge on any atom is 0.187 e. The van der Waals surface area contributed by atoms with Crippen molar-refractivity contribution in [3.05, 3.63) is 42.7 Å². The van der Waals surface area contributed by atoms with E-state index in [2.05, 4.69) is 15.3 Å². The molecular weight excluding hydrogens is 306 g/mol. The number of methoxy groups -OCH3 is 2. The van der Waals surface area contributed by atoms with Crippen LogP contribution in [0, 0.1) is 0 Å². The van der Waals surface area contributed by atoms with Crippen LogP contribution < -0.4 is 19.5 Å². The highest BCUT2D eigenvalue weighted by Gasteiger charge is 2.13. The molecule has 6 heteroatoms. The van der Waals surface area contributed by atoms with Crippen LogP contribution in [0.5, 0.6) is 17.2 Å². The number of fused-ring (bicyclic) bond motifs is 1. The van der Waals surface area contributed by atoms with Crippen molar-refractivity contribution in [3.63, 3.8) is 0 Å². The van der Waals surface area contributed by atoms with Gasteiger partial charge in [-0.05, 0) is 43.3 Å². The summed E-state index contributed by atoms with van der Waals surface area (Å²) in [4.78, 5) is 8.67. The average molecular weight is 325 g/mol. The molecule has 2 aromatic carbocycles. The van der Waals surface area contributed by atoms with Crippen molar-refractivity contribution < 1.29 is 14.2 Å². The van der Waals surface area contributed by atoms with Gasteiger partial charge < -0.3 is 19.5 Å². The summed E-state index contributed by atoms with van der Waals surface area (Å²) in [7, 11) is 3.20. The first-order valence-corrected chi connectivity index (χ1v) is 7.62. The maximum atomic E-state index is 5.45. The van der Waals surface area contributed by atoms with Crippen molar-refractivity contribution in [1.82, 2.24) is 9.97 Å². The molecule has 0 unspecified atom stereocenters. The van der Waals surface area contributed by atoms with E-state index in [0.717, 1.165) is 16.8 Å². The van der Waals surface area contributed by atoms with Crippen LogP contribution in [0.2, 0.25) is 0 Å². The second-order valence-corrected chi connectivity index (χ2v) is 5.00. The Balaban J connectivity index is 1.97. The number of nitrogens with one attached hydrogen (secondary N) is 1. The van der Waals surface area contributed by atoms with E-state index in [-0.39, 0.29) is 0 Å². The van der Waals surface area contributed by atoms with E-state index in [4.69, 9.17) is 14.2 Å². The zero-order chi connectivity index (χ0) is 16.9. The maximum absolute atomic E-state index is 5.45. The van der Waals surface area contributed by atoms with E-state index in [1.165, 1.54) is 6.33 Å². The number of hydrogen-bond donors (Lipinski definition) is 1. The van der Waals surface area contributed by atoms with Gasteiger partial charge in [-0.15, -0.1) is 0 Å². The molecule has 0 amide bonds. The quantitative estimate of drug-likeness (QED) is 0.744. The minimum absolute atomic E-state index is 0.590. The van der Waals surface area contributed by atoms with Crippen molar-refractivity contribution >= 4 is 22.4 Å². The van der Waals surface area contributed by atoms with Gasteiger partial charge >= 0.3 is 0 Å². The van der Waals surface area contributed by atoms with Crippen LogP contribution in [0.4, 0.5) is 11.5 Å². The molecule has 24 heavy (non-hydrogen) atoms. The molecule has 0 saturated carbocycles. The van der Waals surface area contributed by atoms with Crippen LogP contribution in [0.15, 0.2) is 42.7 Å². The SMILES string of the molecule is CCOc1ccc(Nc2ncnc3c(OC)c(OC)ccc23)cc1. The van der Waals surface area contributed by atoms with E-state index in [0.29, 0.717) is 29.4 Å². The van der Waals surface area contributed by atoms with Gasteiger partial charge in [-0.3, -0.25) is 0 Å². The molecule has 3 rings (SSSR count). The second kappa shape index (κ2) is 7.04. The Morgan fingerprint density at radius 2 is 1.75 bits per heavy atom. The van der Waals surface area contributed by atoms with Crippen LogP contribution in [0.1, 0.15) is 6.92 Å². The van der Waals surface area contributed by atoms with E-state index in [1.807, 2.05) is 43.3 Å². The van der Waals surface area contributed by atoms with Crippen molar-refractivity contribution in [2.24, 2.45) is 0 Å². The predicted molar refractivity (Wildman–Crippen MR) is 93.5 cm³/mol. The normalized spacial score (nSPS) is 10.5. The molecule has 1 aromatic heterocycles. The fourth-order valence-corrected chi connectivity index (χ4v) is 2.48. The minimum Gasteiger partial charge on any atom is -0.494 e. The lowest BCUT2D eigenvalue weighted by atomic mass is 10.2. The number of ether oxygens (including phenoxy) is 3. The number of nitrogens with zero attached hydrogens (tertiary/aromatic N) is 2. The molecule has 3 aromatic rings. The standard InChI is InChI=1S/C18H19N3O3/c1-4-24-13-7-5-12(6-8-13)21-18-14-9-10-15(22-2)17(23-3)16(14)19-11-20-18/h5-11H,4H2,1-3H3,(H,19,20,21). The first-order valence-electron chi connectivity index (χ1n) is 7.62. The average Bonchev–Trinajstić information content (AvgIpc) is 2.62. The lowest BCUT2D eigenvalue weighted by Crippen LogP contribution is -1.99. The summed E-state index contributed by atoms with van der Waals surface area (Å²) < 4.78 is 16.2. The smallest absolute Gasteiger partial charge is 0.187 e. The van der Waals surface area contributed by atoms with Gasteiger partial charge in [0.2, 0.25) is 0 Å². The van der Waals surface area contributed by atoms with E-state index < -0.39 is 0 Å². The number of benzene rings is 2. The largest absolute Gasteiger partial charge is 0.494 e. The third-order valence-corrected chi connectivity index (χ3v) is 3.58. The molecule has 0 radical (unpaired) electrons. The van der Waals surface area contributed by atoms with Gasteiger partial charge in [0.05, 0.1) is 20.8 Å². The van der Waals surface area contributed by atoms with Gasteiger partial charge in [-0.2, -0.15) is 0 Å². The number of aromatic nitrogens is 2. The molecule has 124 valence electrons. The number of anilines is 2. The van der Waals surface area contributed by atoms with Gasteiger partial charge in [0.15, 0.2) is 11.5 Å². The summed E-state index contributed by atoms with van der Waals surface area (Å²) in [5.74, 6) is 2.76. The first-order chi connectivity index (χ1) is 11.8. The summed E-state index contributed by atoms with van der Waals surface area (Å²) in [5, 5.41) is 4.15. The summed E-state index contributed by atoms with van der Waals surface area (Å²) in [5.41, 5.74) is 1.61. The van der Waals surface area contributed by atoms with Crippen LogP contribution in [0.25, 0.3) is 10.9 Å². The molecule has 0 atom stereocenters. The summed E-state index contributed by atoms with van der Waals surface area (Å²) in [6.45, 7) is 2.60. The molecule has 0 saturated heterocycles. The molecule has 1 N–H and O–H groups in total. The lowest BCUT2D eigenvalue weighted by molar-refractivity contribution is 0.340. The van der Waals surface area contributed by atoms with Crippen LogP contribution >= 0.6 is 0 Å². The zero-order valence-electron chi connectivity index (χ0n) is 13.9. The molecule has 6 nitrogen and oxygen atoms in total. The highest BCUT2D eigenvalue weighted by molar-refractivity contribution is 5.95. The van der Waals surface area contributed by atoms with Crippen LogP contribution in [-0.4, -0.2) is 30.8 Å². The van der Waals surface area contributed by atoms with Gasteiger partial charge in [-0.25, -0.2) is 9.97 Å². The molecular formula is C18H19N3O3. The lowest BCUT2D eigenvalue weighted by Gasteiger charge is -2.13. The molecule has 0 aliphatic carbocycles. The van der Waals surface area contributed by atoms with E-state index in [9.17, 15) is 0 Å². The Morgan fingerprint density at radius 3 is 2.42 bits per heavy atom. The van der Waals surface area contributed by atoms with Gasteiger partial charge in [-0.1, -0.05) is 0 Å². The van der Waals surface area contributed by atoms with Gasteiger partial charge in [0.1, 0.15) is 23.4 Å². The number of hydrogen-bond acceptors (Lipinski definition) is 6. The molecule has 0 fully saturated rings. The van der Waals surface area contributed by atoms with Gasteiger partial charge in [0, 0.05) is 11.1 Å². The molecule has 1 heterocycles. The Morgan fingerprint density at radius 1 is 0.958 bits per heavy atom. The third-order valence-electron chi connectivity index (χ3n) is 3.58. The molecule has 0 spiro atoms. The topological polar surface area (TPSA) is 65.5 Å². The molecule has 0 bridgehead atoms. The summed E-state index contributed by atoms with van der Waals surface area (Å²) in [6.07, 6.45) is 1.50. The highest BCUT2D eigenvalue weighted by Crippen LogP contribution is 2.36. The van der Waals surface area contributed by atoms with Gasteiger partial charge in [0.25, 0.3) is 0 Å².